The van der Waals surface area contributed by atoms with Crippen LogP contribution in [0.25, 0.3) is 0 Å². The Morgan fingerprint density at radius 3 is 2.81 bits per heavy atom. The second-order valence-electron chi connectivity index (χ2n) is 3.87. The van der Waals surface area contributed by atoms with Gasteiger partial charge >= 0.3 is 0 Å². The lowest BCUT2D eigenvalue weighted by Crippen LogP contribution is -2.03. The van der Waals surface area contributed by atoms with E-state index in [9.17, 15) is 4.79 Å². The highest BCUT2D eigenvalue weighted by Gasteiger charge is 2.08. The van der Waals surface area contributed by atoms with E-state index in [0.29, 0.717) is 12.0 Å². The van der Waals surface area contributed by atoms with Crippen LogP contribution in [0.15, 0.2) is 30.9 Å². The molecule has 0 radical (unpaired) electrons. The molecule has 0 spiro atoms. The Morgan fingerprint density at radius 2 is 2.19 bits per heavy atom. The Bertz CT molecular complexity index is 516. The van der Waals surface area contributed by atoms with Crippen LogP contribution in [-0.4, -0.2) is 20.5 Å². The van der Waals surface area contributed by atoms with Gasteiger partial charge < -0.3 is 0 Å². The molecule has 0 saturated heterocycles. The van der Waals surface area contributed by atoms with Gasteiger partial charge in [0.2, 0.25) is 0 Å². The highest BCUT2D eigenvalue weighted by Crippen LogP contribution is 2.07. The summed E-state index contributed by atoms with van der Waals surface area (Å²) in [5, 5.41) is 4.03. The van der Waals surface area contributed by atoms with Gasteiger partial charge in [0.05, 0.1) is 6.20 Å². The summed E-state index contributed by atoms with van der Waals surface area (Å²) >= 11 is 0. The first-order chi connectivity index (χ1) is 7.65. The second kappa shape index (κ2) is 4.26. The van der Waals surface area contributed by atoms with Crippen molar-refractivity contribution in [2.45, 2.75) is 13.3 Å². The third kappa shape index (κ3) is 2.34. The van der Waals surface area contributed by atoms with E-state index >= 15 is 0 Å². The van der Waals surface area contributed by atoms with Gasteiger partial charge in [-0.1, -0.05) is 0 Å². The fourth-order valence-electron chi connectivity index (χ4n) is 1.56. The molecule has 0 aliphatic carbocycles. The Labute approximate surface area is 93.9 Å². The predicted octanol–water partition coefficient (Wildman–Crippen LogP) is 1.55. The molecule has 0 atom stereocenters. The van der Waals surface area contributed by atoms with E-state index in [0.717, 1.165) is 11.1 Å². The van der Waals surface area contributed by atoms with E-state index in [1.807, 2.05) is 26.2 Å². The van der Waals surface area contributed by atoms with Crippen LogP contribution in [0.2, 0.25) is 0 Å². The maximum absolute atomic E-state index is 11.9. The van der Waals surface area contributed by atoms with Gasteiger partial charge in [-0.25, -0.2) is 0 Å². The molecule has 2 rings (SSSR count). The maximum atomic E-state index is 11.9. The summed E-state index contributed by atoms with van der Waals surface area (Å²) < 4.78 is 1.69. The minimum atomic E-state index is 0.0733. The number of carbonyl (C=O) groups is 1. The van der Waals surface area contributed by atoms with Crippen molar-refractivity contribution < 1.29 is 4.79 Å². The van der Waals surface area contributed by atoms with Crippen molar-refractivity contribution in [3.05, 3.63) is 47.5 Å². The van der Waals surface area contributed by atoms with Crippen LogP contribution in [0.3, 0.4) is 0 Å². The van der Waals surface area contributed by atoms with Crippen molar-refractivity contribution in [1.82, 2.24) is 14.8 Å². The van der Waals surface area contributed by atoms with Crippen LogP contribution in [0.4, 0.5) is 0 Å². The standard InChI is InChI=1S/C12H13N3O/c1-9-3-11(7-13-5-9)12(16)4-10-6-14-15(2)8-10/h3,5-8H,4H2,1-2H3. The number of rotatable bonds is 3. The molecule has 0 aliphatic heterocycles. The smallest absolute Gasteiger partial charge is 0.168 e. The number of pyridine rings is 1. The average Bonchev–Trinajstić information content (AvgIpc) is 2.64. The highest BCUT2D eigenvalue weighted by atomic mass is 16.1. The molecule has 0 fully saturated rings. The van der Waals surface area contributed by atoms with Crippen molar-refractivity contribution in [3.8, 4) is 0 Å². The van der Waals surface area contributed by atoms with Crippen molar-refractivity contribution in [2.75, 3.05) is 0 Å². The lowest BCUT2D eigenvalue weighted by molar-refractivity contribution is 0.0992. The number of aryl methyl sites for hydroxylation is 2. The zero-order valence-electron chi connectivity index (χ0n) is 9.34. The third-order valence-electron chi connectivity index (χ3n) is 2.32. The largest absolute Gasteiger partial charge is 0.294 e. The zero-order valence-corrected chi connectivity index (χ0v) is 9.34. The van der Waals surface area contributed by atoms with Crippen molar-refractivity contribution >= 4 is 5.78 Å². The van der Waals surface area contributed by atoms with Crippen LogP contribution < -0.4 is 0 Å². The topological polar surface area (TPSA) is 47.8 Å². The van der Waals surface area contributed by atoms with Crippen LogP contribution >= 0.6 is 0 Å². The molecule has 0 aromatic carbocycles. The summed E-state index contributed by atoms with van der Waals surface area (Å²) in [7, 11) is 1.84. The van der Waals surface area contributed by atoms with Gasteiger partial charge in [0.15, 0.2) is 5.78 Å². The summed E-state index contributed by atoms with van der Waals surface area (Å²) in [6.45, 7) is 1.92. The number of nitrogens with zero attached hydrogens (tertiary/aromatic N) is 3. The Morgan fingerprint density at radius 1 is 1.38 bits per heavy atom. The molecule has 2 aromatic rings. The maximum Gasteiger partial charge on any atom is 0.168 e. The zero-order chi connectivity index (χ0) is 11.5. The summed E-state index contributed by atoms with van der Waals surface area (Å²) in [5.74, 6) is 0.0733. The number of carbonyl (C=O) groups excluding carboxylic acids is 1. The van der Waals surface area contributed by atoms with Gasteiger partial charge in [-0.2, -0.15) is 5.10 Å². The van der Waals surface area contributed by atoms with Crippen LogP contribution in [0.1, 0.15) is 21.5 Å². The first-order valence-corrected chi connectivity index (χ1v) is 5.07. The van der Waals surface area contributed by atoms with E-state index in [1.165, 1.54) is 0 Å². The summed E-state index contributed by atoms with van der Waals surface area (Å²) in [6.07, 6.45) is 7.27. The fourth-order valence-corrected chi connectivity index (χ4v) is 1.56. The summed E-state index contributed by atoms with van der Waals surface area (Å²) in [6, 6.07) is 1.85. The molecule has 0 aliphatic rings. The summed E-state index contributed by atoms with van der Waals surface area (Å²) in [4.78, 5) is 15.9. The van der Waals surface area contributed by atoms with Crippen LogP contribution in [-0.2, 0) is 13.5 Å². The molecule has 2 aromatic heterocycles. The molecule has 0 bridgehead atoms. The SMILES string of the molecule is Cc1cncc(C(=O)Cc2cnn(C)c2)c1. The number of aromatic nitrogens is 3. The van der Waals surface area contributed by atoms with Crippen LogP contribution in [0, 0.1) is 6.92 Å². The summed E-state index contributed by atoms with van der Waals surface area (Å²) in [5.41, 5.74) is 2.58. The molecule has 0 unspecified atom stereocenters. The lowest BCUT2D eigenvalue weighted by atomic mass is 10.1. The molecular weight excluding hydrogens is 202 g/mol. The van der Waals surface area contributed by atoms with Gasteiger partial charge in [0, 0.05) is 37.6 Å². The Kier molecular flexibility index (Phi) is 2.81. The van der Waals surface area contributed by atoms with E-state index in [1.54, 1.807) is 23.3 Å². The molecule has 82 valence electrons. The van der Waals surface area contributed by atoms with Crippen molar-refractivity contribution in [2.24, 2.45) is 7.05 Å². The molecule has 0 amide bonds. The van der Waals surface area contributed by atoms with Gasteiger partial charge in [-0.15, -0.1) is 0 Å². The van der Waals surface area contributed by atoms with Gasteiger partial charge in [-0.3, -0.25) is 14.5 Å². The fraction of sp³-hybridized carbons (Fsp3) is 0.250. The molecule has 0 saturated carbocycles. The van der Waals surface area contributed by atoms with Crippen molar-refractivity contribution in [3.63, 3.8) is 0 Å². The number of ketones is 1. The van der Waals surface area contributed by atoms with Gasteiger partial charge in [-0.05, 0) is 24.1 Å². The quantitative estimate of drug-likeness (QED) is 0.730. The molecule has 4 heteroatoms. The Balaban J connectivity index is 2.14. The van der Waals surface area contributed by atoms with Gasteiger partial charge in [0.1, 0.15) is 0 Å². The van der Waals surface area contributed by atoms with Gasteiger partial charge in [0.25, 0.3) is 0 Å². The molecule has 2 heterocycles. The van der Waals surface area contributed by atoms with E-state index in [2.05, 4.69) is 10.1 Å². The number of Topliss-reactive ketones (excluding diaryl/α,β-unsaturated/α-hetero) is 1. The molecule has 16 heavy (non-hydrogen) atoms. The second-order valence-corrected chi connectivity index (χ2v) is 3.87. The first kappa shape index (κ1) is 10.5. The first-order valence-electron chi connectivity index (χ1n) is 5.07. The number of hydrogen-bond acceptors (Lipinski definition) is 3. The third-order valence-corrected chi connectivity index (χ3v) is 2.32. The monoisotopic (exact) mass is 215 g/mol. The van der Waals surface area contributed by atoms with E-state index < -0.39 is 0 Å². The molecular formula is C12H13N3O. The highest BCUT2D eigenvalue weighted by molar-refractivity contribution is 5.97. The van der Waals surface area contributed by atoms with E-state index in [-0.39, 0.29) is 5.78 Å². The minimum Gasteiger partial charge on any atom is -0.294 e. The molecule has 4 nitrogen and oxygen atoms in total. The number of hydrogen-bond donors (Lipinski definition) is 0. The Hall–Kier alpha value is -1.97. The minimum absolute atomic E-state index is 0.0733. The van der Waals surface area contributed by atoms with Crippen LogP contribution in [0.5, 0.6) is 0 Å². The lowest BCUT2D eigenvalue weighted by Gasteiger charge is -1.99. The van der Waals surface area contributed by atoms with E-state index in [4.69, 9.17) is 0 Å². The molecule has 0 N–H and O–H groups in total. The van der Waals surface area contributed by atoms with Crippen molar-refractivity contribution in [1.29, 1.82) is 0 Å². The predicted molar refractivity (Wildman–Crippen MR) is 60.2 cm³/mol. The average molecular weight is 215 g/mol. The normalized spacial score (nSPS) is 10.4.